The molecule has 34 heavy (non-hydrogen) atoms. The number of hydrogen-bond acceptors (Lipinski definition) is 6. The largest absolute Gasteiger partial charge is 0.493 e. The van der Waals surface area contributed by atoms with Crippen molar-refractivity contribution < 1.29 is 19.1 Å². The molecule has 4 rings (SSSR count). The topological polar surface area (TPSA) is 89.5 Å². The van der Waals surface area contributed by atoms with Gasteiger partial charge in [-0.3, -0.25) is 24.4 Å². The molecule has 0 N–H and O–H groups in total. The number of carbonyl (C=O) groups is 3. The molecule has 1 fully saturated rings. The van der Waals surface area contributed by atoms with E-state index in [4.69, 9.17) is 4.74 Å². The lowest BCUT2D eigenvalue weighted by Crippen LogP contribution is -2.30. The van der Waals surface area contributed by atoms with Gasteiger partial charge >= 0.3 is 0 Å². The number of aryl methyl sites for hydroxylation is 1. The highest BCUT2D eigenvalue weighted by Gasteiger charge is 2.51. The predicted molar refractivity (Wildman–Crippen MR) is 126 cm³/mol. The maximum atomic E-state index is 13.7. The summed E-state index contributed by atoms with van der Waals surface area (Å²) in [4.78, 5) is 49.7. The van der Waals surface area contributed by atoms with Crippen molar-refractivity contribution in [2.75, 3.05) is 6.61 Å². The van der Waals surface area contributed by atoms with Crippen LogP contribution in [0.15, 0.2) is 67.3 Å². The minimum Gasteiger partial charge on any atom is -0.493 e. The van der Waals surface area contributed by atoms with Crippen LogP contribution < -0.4 is 4.74 Å². The first-order valence-corrected chi connectivity index (χ1v) is 11.3. The second-order valence-electron chi connectivity index (χ2n) is 8.91. The van der Waals surface area contributed by atoms with Crippen LogP contribution in [0.5, 0.6) is 5.75 Å². The van der Waals surface area contributed by atoms with Gasteiger partial charge in [-0.1, -0.05) is 26.0 Å². The van der Waals surface area contributed by atoms with Gasteiger partial charge in [0.1, 0.15) is 11.7 Å². The van der Waals surface area contributed by atoms with Crippen LogP contribution in [0.4, 0.5) is 0 Å². The Kier molecular flexibility index (Phi) is 6.82. The van der Waals surface area contributed by atoms with E-state index in [9.17, 15) is 14.4 Å². The van der Waals surface area contributed by atoms with E-state index < -0.39 is 23.7 Å². The third-order valence-electron chi connectivity index (χ3n) is 5.84. The summed E-state index contributed by atoms with van der Waals surface area (Å²) in [5.74, 6) is -1.88. The van der Waals surface area contributed by atoms with Crippen LogP contribution in [0, 0.1) is 18.8 Å². The minimum absolute atomic E-state index is 0.169. The van der Waals surface area contributed by atoms with Gasteiger partial charge in [0.25, 0.3) is 5.91 Å². The van der Waals surface area contributed by atoms with Crippen molar-refractivity contribution >= 4 is 17.5 Å². The van der Waals surface area contributed by atoms with Crippen molar-refractivity contribution in [1.29, 1.82) is 0 Å². The van der Waals surface area contributed by atoms with Gasteiger partial charge in [0.2, 0.25) is 5.78 Å². The van der Waals surface area contributed by atoms with Gasteiger partial charge in [-0.25, -0.2) is 0 Å². The molecule has 3 heterocycles. The Labute approximate surface area is 198 Å². The van der Waals surface area contributed by atoms with E-state index in [-0.39, 0.29) is 12.3 Å². The second-order valence-corrected chi connectivity index (χ2v) is 8.91. The monoisotopic (exact) mass is 457 g/mol. The maximum absolute atomic E-state index is 13.7. The number of ether oxygens (including phenoxy) is 1. The minimum atomic E-state index is -1.16. The molecule has 0 saturated carbocycles. The van der Waals surface area contributed by atoms with Crippen LogP contribution in [0.25, 0.3) is 0 Å². The quantitative estimate of drug-likeness (QED) is 0.289. The molecule has 1 saturated heterocycles. The van der Waals surface area contributed by atoms with Crippen LogP contribution >= 0.6 is 0 Å². The van der Waals surface area contributed by atoms with E-state index in [0.29, 0.717) is 35.0 Å². The third-order valence-corrected chi connectivity index (χ3v) is 5.84. The molecule has 7 heteroatoms. The highest BCUT2D eigenvalue weighted by Crippen LogP contribution is 2.39. The fraction of sp³-hybridized carbons (Fsp3) is 0.296. The molecular weight excluding hydrogens is 430 g/mol. The smallest absolute Gasteiger partial charge is 0.291 e. The standard InChI is InChI=1S/C27H27N3O4/c1-17(2)16-34-21-8-9-22(18(3)12-21)25(31)23-24(20-7-5-11-29-14-20)30(27(33)26(23)32)15-19-6-4-10-28-13-19/h4-14,17,23-24H,15-16H2,1-3H3. The number of hydrogen-bond donors (Lipinski definition) is 0. The number of nitrogens with zero attached hydrogens (tertiary/aromatic N) is 3. The van der Waals surface area contributed by atoms with Crippen molar-refractivity contribution in [2.45, 2.75) is 33.4 Å². The van der Waals surface area contributed by atoms with Crippen molar-refractivity contribution in [1.82, 2.24) is 14.9 Å². The lowest BCUT2D eigenvalue weighted by molar-refractivity contribution is -0.141. The summed E-state index contributed by atoms with van der Waals surface area (Å²) >= 11 is 0. The van der Waals surface area contributed by atoms with E-state index in [1.165, 1.54) is 4.90 Å². The summed E-state index contributed by atoms with van der Waals surface area (Å²) in [7, 11) is 0. The molecule has 174 valence electrons. The number of pyridine rings is 2. The molecule has 3 aromatic rings. The Morgan fingerprint density at radius 2 is 1.79 bits per heavy atom. The summed E-state index contributed by atoms with van der Waals surface area (Å²) in [5.41, 5.74) is 2.51. The Morgan fingerprint density at radius 1 is 1.06 bits per heavy atom. The molecule has 1 aliphatic heterocycles. The number of likely N-dealkylation sites (tertiary alicyclic amines) is 1. The van der Waals surface area contributed by atoms with Crippen LogP contribution in [0.2, 0.25) is 0 Å². The van der Waals surface area contributed by atoms with Gasteiger partial charge in [-0.2, -0.15) is 0 Å². The highest BCUT2D eigenvalue weighted by molar-refractivity contribution is 6.44. The lowest BCUT2D eigenvalue weighted by atomic mass is 9.85. The normalized spacial score (nSPS) is 17.9. The average Bonchev–Trinajstić information content (AvgIpc) is 3.08. The molecule has 0 radical (unpaired) electrons. The number of ketones is 2. The molecule has 0 aliphatic carbocycles. The van der Waals surface area contributed by atoms with E-state index in [1.807, 2.05) is 13.0 Å². The van der Waals surface area contributed by atoms with Crippen LogP contribution in [-0.4, -0.2) is 38.9 Å². The average molecular weight is 458 g/mol. The molecule has 0 bridgehead atoms. The molecule has 1 aromatic carbocycles. The fourth-order valence-electron chi connectivity index (χ4n) is 4.20. The second kappa shape index (κ2) is 9.95. The molecular formula is C27H27N3O4. The lowest BCUT2D eigenvalue weighted by Gasteiger charge is -2.27. The van der Waals surface area contributed by atoms with Gasteiger partial charge in [-0.05, 0) is 59.9 Å². The zero-order valence-electron chi connectivity index (χ0n) is 19.5. The van der Waals surface area contributed by atoms with Crippen molar-refractivity contribution in [3.8, 4) is 5.75 Å². The third kappa shape index (κ3) is 4.73. The zero-order valence-corrected chi connectivity index (χ0v) is 19.5. The van der Waals surface area contributed by atoms with Crippen LogP contribution in [-0.2, 0) is 16.1 Å². The van der Waals surface area contributed by atoms with Crippen molar-refractivity contribution in [3.63, 3.8) is 0 Å². The predicted octanol–water partition coefficient (Wildman–Crippen LogP) is 3.97. The van der Waals surface area contributed by atoms with Crippen LogP contribution in [0.3, 0.4) is 0 Å². The van der Waals surface area contributed by atoms with Gasteiger partial charge in [-0.15, -0.1) is 0 Å². The Balaban J connectivity index is 1.69. The summed E-state index contributed by atoms with van der Waals surface area (Å²) in [5, 5.41) is 0. The number of amides is 1. The summed E-state index contributed by atoms with van der Waals surface area (Å²) in [6.07, 6.45) is 6.50. The first-order chi connectivity index (χ1) is 16.4. The van der Waals surface area contributed by atoms with Gasteiger partial charge in [0.05, 0.1) is 12.6 Å². The SMILES string of the molecule is Cc1cc(OCC(C)C)ccc1C(=O)C1C(=O)C(=O)N(Cc2cccnc2)C1c1cccnc1. The summed E-state index contributed by atoms with van der Waals surface area (Å²) < 4.78 is 5.77. The molecule has 2 unspecified atom stereocenters. The van der Waals surface area contributed by atoms with Crippen molar-refractivity contribution in [3.05, 3.63) is 89.5 Å². The number of Topliss-reactive ketones (excluding diaryl/α,β-unsaturated/α-hetero) is 2. The van der Waals surface area contributed by atoms with E-state index >= 15 is 0 Å². The molecule has 1 aliphatic rings. The fourth-order valence-corrected chi connectivity index (χ4v) is 4.20. The van der Waals surface area contributed by atoms with E-state index in [0.717, 1.165) is 5.56 Å². The maximum Gasteiger partial charge on any atom is 0.291 e. The van der Waals surface area contributed by atoms with Crippen LogP contribution in [0.1, 0.15) is 46.9 Å². The summed E-state index contributed by atoms with van der Waals surface area (Å²) in [6.45, 7) is 6.66. The first-order valence-electron chi connectivity index (χ1n) is 11.3. The summed E-state index contributed by atoms with van der Waals surface area (Å²) in [6, 6.07) is 11.6. The highest BCUT2D eigenvalue weighted by atomic mass is 16.5. The Morgan fingerprint density at radius 3 is 2.41 bits per heavy atom. The molecule has 1 amide bonds. The zero-order chi connectivity index (χ0) is 24.2. The number of benzene rings is 1. The van der Waals surface area contributed by atoms with E-state index in [2.05, 4.69) is 23.8 Å². The van der Waals surface area contributed by atoms with Gasteiger partial charge in [0, 0.05) is 36.9 Å². The first kappa shape index (κ1) is 23.3. The number of aromatic nitrogens is 2. The van der Waals surface area contributed by atoms with Crippen molar-refractivity contribution in [2.24, 2.45) is 11.8 Å². The van der Waals surface area contributed by atoms with Gasteiger partial charge in [0.15, 0.2) is 5.78 Å². The number of rotatable bonds is 8. The molecule has 0 spiro atoms. The van der Waals surface area contributed by atoms with Gasteiger partial charge < -0.3 is 9.64 Å². The van der Waals surface area contributed by atoms with E-state index in [1.54, 1.807) is 61.2 Å². The molecule has 7 nitrogen and oxygen atoms in total. The molecule has 2 atom stereocenters. The molecule has 2 aromatic heterocycles. The Bertz CT molecular complexity index is 1200. The Hall–Kier alpha value is -3.87. The number of carbonyl (C=O) groups excluding carboxylic acids is 3.